The van der Waals surface area contributed by atoms with Gasteiger partial charge in [-0.3, -0.25) is 4.79 Å². The molecule has 4 heteroatoms. The monoisotopic (exact) mass is 302 g/mol. The molecule has 0 radical (unpaired) electrons. The SMILES string of the molecule is O=C(Cc1ccc(F)c(F)c1)Cc1csc2ccccc12. The molecule has 0 aliphatic rings. The Balaban J connectivity index is 1.75. The molecule has 1 nitrogen and oxygen atoms in total. The summed E-state index contributed by atoms with van der Waals surface area (Å²) in [6.45, 7) is 0. The van der Waals surface area contributed by atoms with E-state index in [9.17, 15) is 13.6 Å². The van der Waals surface area contributed by atoms with Crippen molar-refractivity contribution in [1.82, 2.24) is 0 Å². The van der Waals surface area contributed by atoms with Crippen LogP contribution in [0.25, 0.3) is 10.1 Å². The van der Waals surface area contributed by atoms with Crippen LogP contribution in [0.1, 0.15) is 11.1 Å². The van der Waals surface area contributed by atoms with E-state index < -0.39 is 11.6 Å². The van der Waals surface area contributed by atoms with E-state index in [-0.39, 0.29) is 12.2 Å². The average molecular weight is 302 g/mol. The standard InChI is InChI=1S/C17H12F2OS/c18-15-6-5-11(8-16(15)19)7-13(20)9-12-10-21-17-4-2-1-3-14(12)17/h1-6,8,10H,7,9H2. The maximum atomic E-state index is 13.1. The molecule has 0 fully saturated rings. The van der Waals surface area contributed by atoms with E-state index in [1.54, 1.807) is 11.3 Å². The van der Waals surface area contributed by atoms with Crippen molar-refractivity contribution in [3.63, 3.8) is 0 Å². The zero-order valence-electron chi connectivity index (χ0n) is 11.1. The quantitative estimate of drug-likeness (QED) is 0.692. The fraction of sp³-hybridized carbons (Fsp3) is 0.118. The van der Waals surface area contributed by atoms with Crippen LogP contribution in [0.4, 0.5) is 8.78 Å². The lowest BCUT2D eigenvalue weighted by Crippen LogP contribution is -2.06. The first kappa shape index (κ1) is 13.9. The van der Waals surface area contributed by atoms with Crippen LogP contribution in [0.2, 0.25) is 0 Å². The van der Waals surface area contributed by atoms with Gasteiger partial charge in [0.2, 0.25) is 0 Å². The van der Waals surface area contributed by atoms with Crippen molar-refractivity contribution in [3.05, 3.63) is 70.6 Å². The second-order valence-corrected chi connectivity index (χ2v) is 5.81. The average Bonchev–Trinajstić information content (AvgIpc) is 2.86. The molecule has 1 aromatic heterocycles. The van der Waals surface area contributed by atoms with Crippen LogP contribution < -0.4 is 0 Å². The summed E-state index contributed by atoms with van der Waals surface area (Å²) in [5.41, 5.74) is 1.49. The molecule has 0 aliphatic heterocycles. The Bertz CT molecular complexity index is 807. The molecular formula is C17H12F2OS. The molecule has 2 aromatic carbocycles. The van der Waals surface area contributed by atoms with E-state index in [0.717, 1.165) is 27.8 Å². The van der Waals surface area contributed by atoms with Crippen LogP contribution in [0.5, 0.6) is 0 Å². The van der Waals surface area contributed by atoms with Gasteiger partial charge in [0.15, 0.2) is 11.6 Å². The third-order valence-corrected chi connectivity index (χ3v) is 4.35. The second-order valence-electron chi connectivity index (χ2n) is 4.90. The molecule has 0 saturated heterocycles. The smallest absolute Gasteiger partial charge is 0.159 e. The van der Waals surface area contributed by atoms with E-state index in [2.05, 4.69) is 0 Å². The van der Waals surface area contributed by atoms with E-state index in [1.807, 2.05) is 29.6 Å². The molecule has 3 rings (SSSR count). The minimum atomic E-state index is -0.915. The minimum Gasteiger partial charge on any atom is -0.299 e. The van der Waals surface area contributed by atoms with Crippen LogP contribution in [0.3, 0.4) is 0 Å². The summed E-state index contributed by atoms with van der Waals surface area (Å²) < 4.78 is 27.1. The van der Waals surface area contributed by atoms with Gasteiger partial charge in [0.1, 0.15) is 5.78 Å². The number of ketones is 1. The van der Waals surface area contributed by atoms with Crippen LogP contribution >= 0.6 is 11.3 Å². The molecule has 0 aliphatic carbocycles. The predicted molar refractivity (Wildman–Crippen MR) is 80.6 cm³/mol. The molecule has 0 N–H and O–H groups in total. The van der Waals surface area contributed by atoms with E-state index in [0.29, 0.717) is 12.0 Å². The molecule has 0 atom stereocenters. The number of thiophene rings is 1. The number of rotatable bonds is 4. The van der Waals surface area contributed by atoms with Gasteiger partial charge in [-0.05, 0) is 40.1 Å². The lowest BCUT2D eigenvalue weighted by atomic mass is 10.0. The van der Waals surface area contributed by atoms with Crippen molar-refractivity contribution < 1.29 is 13.6 Å². The van der Waals surface area contributed by atoms with Gasteiger partial charge in [-0.1, -0.05) is 24.3 Å². The Morgan fingerprint density at radius 2 is 1.81 bits per heavy atom. The third kappa shape index (κ3) is 3.00. The highest BCUT2D eigenvalue weighted by atomic mass is 32.1. The van der Waals surface area contributed by atoms with Gasteiger partial charge in [0.05, 0.1) is 0 Å². The van der Waals surface area contributed by atoms with E-state index in [1.165, 1.54) is 6.07 Å². The van der Waals surface area contributed by atoms with Crippen molar-refractivity contribution in [3.8, 4) is 0 Å². The zero-order chi connectivity index (χ0) is 14.8. The summed E-state index contributed by atoms with van der Waals surface area (Å²) in [7, 11) is 0. The van der Waals surface area contributed by atoms with Gasteiger partial charge < -0.3 is 0 Å². The first-order valence-electron chi connectivity index (χ1n) is 6.54. The van der Waals surface area contributed by atoms with Crippen LogP contribution in [-0.4, -0.2) is 5.78 Å². The Labute approximate surface area is 124 Å². The highest BCUT2D eigenvalue weighted by Gasteiger charge is 2.11. The third-order valence-electron chi connectivity index (χ3n) is 3.33. The fourth-order valence-electron chi connectivity index (χ4n) is 2.32. The maximum absolute atomic E-state index is 13.1. The number of fused-ring (bicyclic) bond motifs is 1. The van der Waals surface area contributed by atoms with Gasteiger partial charge in [-0.2, -0.15) is 0 Å². The van der Waals surface area contributed by atoms with Crippen molar-refractivity contribution in [2.24, 2.45) is 0 Å². The highest BCUT2D eigenvalue weighted by molar-refractivity contribution is 7.17. The molecule has 0 spiro atoms. The molecule has 0 unspecified atom stereocenters. The summed E-state index contributed by atoms with van der Waals surface area (Å²) in [5, 5.41) is 3.06. The summed E-state index contributed by atoms with van der Waals surface area (Å²) in [6, 6.07) is 11.5. The van der Waals surface area contributed by atoms with Gasteiger partial charge in [-0.25, -0.2) is 8.78 Å². The number of halogens is 2. The van der Waals surface area contributed by atoms with Gasteiger partial charge >= 0.3 is 0 Å². The molecular weight excluding hydrogens is 290 g/mol. The molecule has 3 aromatic rings. The maximum Gasteiger partial charge on any atom is 0.159 e. The first-order valence-corrected chi connectivity index (χ1v) is 7.42. The van der Waals surface area contributed by atoms with Crippen molar-refractivity contribution in [2.75, 3.05) is 0 Å². The number of carbonyl (C=O) groups is 1. The van der Waals surface area contributed by atoms with Crippen molar-refractivity contribution >= 4 is 27.2 Å². The van der Waals surface area contributed by atoms with Gasteiger partial charge in [-0.15, -0.1) is 11.3 Å². The molecule has 106 valence electrons. The summed E-state index contributed by atoms with van der Waals surface area (Å²) >= 11 is 1.60. The lowest BCUT2D eigenvalue weighted by Gasteiger charge is -2.02. The normalized spacial score (nSPS) is 11.0. The van der Waals surface area contributed by atoms with Crippen LogP contribution in [-0.2, 0) is 17.6 Å². The minimum absolute atomic E-state index is 0.00967. The van der Waals surface area contributed by atoms with Crippen LogP contribution in [0, 0.1) is 11.6 Å². The zero-order valence-corrected chi connectivity index (χ0v) is 11.9. The molecule has 0 bridgehead atoms. The molecule has 1 heterocycles. The molecule has 21 heavy (non-hydrogen) atoms. The van der Waals surface area contributed by atoms with Gasteiger partial charge in [0.25, 0.3) is 0 Å². The number of hydrogen-bond donors (Lipinski definition) is 0. The highest BCUT2D eigenvalue weighted by Crippen LogP contribution is 2.26. The largest absolute Gasteiger partial charge is 0.299 e. The molecule has 0 amide bonds. The van der Waals surface area contributed by atoms with E-state index in [4.69, 9.17) is 0 Å². The number of carbonyl (C=O) groups excluding carboxylic acids is 1. The second kappa shape index (κ2) is 5.74. The summed E-state index contributed by atoms with van der Waals surface area (Å²) in [6.07, 6.45) is 0.421. The predicted octanol–water partition coefficient (Wildman–Crippen LogP) is 4.53. The summed E-state index contributed by atoms with van der Waals surface area (Å²) in [5.74, 6) is -1.82. The molecule has 0 saturated carbocycles. The summed E-state index contributed by atoms with van der Waals surface area (Å²) in [4.78, 5) is 12.1. The fourth-order valence-corrected chi connectivity index (χ4v) is 3.28. The van der Waals surface area contributed by atoms with Crippen molar-refractivity contribution in [1.29, 1.82) is 0 Å². The van der Waals surface area contributed by atoms with Gasteiger partial charge in [0, 0.05) is 17.5 Å². The number of hydrogen-bond acceptors (Lipinski definition) is 2. The van der Waals surface area contributed by atoms with Crippen molar-refractivity contribution in [2.45, 2.75) is 12.8 Å². The lowest BCUT2D eigenvalue weighted by molar-refractivity contribution is -0.117. The Morgan fingerprint density at radius 3 is 2.62 bits per heavy atom. The van der Waals surface area contributed by atoms with E-state index >= 15 is 0 Å². The Morgan fingerprint density at radius 1 is 1.00 bits per heavy atom. The first-order chi connectivity index (χ1) is 10.1. The Kier molecular flexibility index (Phi) is 3.80. The Hall–Kier alpha value is -2.07. The topological polar surface area (TPSA) is 17.1 Å². The van der Waals surface area contributed by atoms with Crippen LogP contribution in [0.15, 0.2) is 47.8 Å². The number of Topliss-reactive ketones (excluding diaryl/α,β-unsaturated/α-hetero) is 1. The number of benzene rings is 2.